The Morgan fingerprint density at radius 2 is 1.95 bits per heavy atom. The van der Waals surface area contributed by atoms with Crippen LogP contribution >= 0.6 is 0 Å². The zero-order valence-corrected chi connectivity index (χ0v) is 11.7. The van der Waals surface area contributed by atoms with Crippen molar-refractivity contribution >= 4 is 11.9 Å². The summed E-state index contributed by atoms with van der Waals surface area (Å²) in [5.41, 5.74) is -0.547. The average molecular weight is 321 g/mol. The number of benzene rings is 1. The van der Waals surface area contributed by atoms with Crippen molar-refractivity contribution in [2.75, 3.05) is 6.67 Å². The second kappa shape index (κ2) is 7.24. The molecule has 1 rings (SSSR count). The van der Waals surface area contributed by atoms with Gasteiger partial charge in [0.2, 0.25) is 5.91 Å². The zero-order chi connectivity index (χ0) is 16.9. The Kier molecular flexibility index (Phi) is 5.90. The molecule has 122 valence electrons. The molecule has 0 bridgehead atoms. The first-order valence-corrected chi connectivity index (χ1v) is 6.40. The number of rotatable bonds is 6. The molecule has 1 aromatic rings. The van der Waals surface area contributed by atoms with Crippen LogP contribution in [0.1, 0.15) is 18.1 Å². The molecular formula is C14H15F4NO3. The van der Waals surface area contributed by atoms with Gasteiger partial charge >= 0.3 is 12.1 Å². The minimum absolute atomic E-state index is 0.0195. The average Bonchev–Trinajstić information content (AvgIpc) is 2.43. The van der Waals surface area contributed by atoms with Crippen LogP contribution in [0.25, 0.3) is 0 Å². The van der Waals surface area contributed by atoms with Gasteiger partial charge in [-0.1, -0.05) is 25.1 Å². The second-order valence-corrected chi connectivity index (χ2v) is 4.86. The molecule has 2 unspecified atom stereocenters. The summed E-state index contributed by atoms with van der Waals surface area (Å²) >= 11 is 0. The molecular weight excluding hydrogens is 306 g/mol. The lowest BCUT2D eigenvalue weighted by Gasteiger charge is -2.16. The number of alkyl halides is 4. The highest BCUT2D eigenvalue weighted by Gasteiger charge is 2.30. The minimum atomic E-state index is -4.48. The van der Waals surface area contributed by atoms with Crippen molar-refractivity contribution in [3.8, 4) is 0 Å². The first kappa shape index (κ1) is 17.9. The number of nitrogens with one attached hydrogen (secondary N) is 1. The topological polar surface area (TPSA) is 66.4 Å². The van der Waals surface area contributed by atoms with Crippen molar-refractivity contribution in [3.63, 3.8) is 0 Å². The van der Waals surface area contributed by atoms with Crippen LogP contribution < -0.4 is 5.32 Å². The van der Waals surface area contributed by atoms with E-state index in [1.165, 1.54) is 19.1 Å². The highest BCUT2D eigenvalue weighted by Crippen LogP contribution is 2.29. The number of hydrogen-bond donors (Lipinski definition) is 2. The number of carboxylic acids is 1. The lowest BCUT2D eigenvalue weighted by Crippen LogP contribution is -2.44. The number of halogens is 4. The molecule has 4 nitrogen and oxygen atoms in total. The Labute approximate surface area is 124 Å². The molecule has 0 aliphatic carbocycles. The van der Waals surface area contributed by atoms with Crippen LogP contribution in [0.2, 0.25) is 0 Å². The summed E-state index contributed by atoms with van der Waals surface area (Å²) < 4.78 is 50.2. The molecule has 22 heavy (non-hydrogen) atoms. The molecule has 0 aliphatic rings. The van der Waals surface area contributed by atoms with E-state index in [0.29, 0.717) is 0 Å². The van der Waals surface area contributed by atoms with Crippen molar-refractivity contribution in [1.29, 1.82) is 0 Å². The summed E-state index contributed by atoms with van der Waals surface area (Å²) in [5.74, 6) is -3.04. The van der Waals surface area contributed by atoms with Crippen LogP contribution in [0.5, 0.6) is 0 Å². The largest absolute Gasteiger partial charge is 0.480 e. The van der Waals surface area contributed by atoms with Gasteiger partial charge in [0.1, 0.15) is 6.67 Å². The normalized spacial score (nSPS) is 14.2. The Morgan fingerprint density at radius 3 is 2.45 bits per heavy atom. The van der Waals surface area contributed by atoms with Crippen molar-refractivity contribution in [2.45, 2.75) is 25.6 Å². The maximum Gasteiger partial charge on any atom is 0.416 e. The van der Waals surface area contributed by atoms with Gasteiger partial charge in [-0.05, 0) is 18.1 Å². The molecule has 0 aliphatic heterocycles. The van der Waals surface area contributed by atoms with Crippen LogP contribution in [-0.4, -0.2) is 29.7 Å². The van der Waals surface area contributed by atoms with E-state index in [2.05, 4.69) is 0 Å². The van der Waals surface area contributed by atoms with E-state index >= 15 is 0 Å². The maximum atomic E-state index is 12.6. The summed E-state index contributed by atoms with van der Waals surface area (Å²) in [4.78, 5) is 22.4. The molecule has 0 aromatic heterocycles. The zero-order valence-electron chi connectivity index (χ0n) is 11.7. The molecule has 2 atom stereocenters. The maximum absolute atomic E-state index is 12.6. The summed E-state index contributed by atoms with van der Waals surface area (Å²) in [5, 5.41) is 10.6. The van der Waals surface area contributed by atoms with Gasteiger partial charge in [-0.2, -0.15) is 13.2 Å². The standard InChI is InChI=1S/C14H15F4NO3/c1-8(12(20)19-11(7-15)13(21)22)5-9-3-2-4-10(6-9)14(16,17)18/h2-4,6,8,11H,5,7H2,1H3,(H,19,20)(H,21,22). The fourth-order valence-corrected chi connectivity index (χ4v) is 1.80. The van der Waals surface area contributed by atoms with Gasteiger partial charge in [-0.25, -0.2) is 9.18 Å². The third-order valence-electron chi connectivity index (χ3n) is 3.01. The van der Waals surface area contributed by atoms with Gasteiger partial charge in [0, 0.05) is 5.92 Å². The minimum Gasteiger partial charge on any atom is -0.480 e. The van der Waals surface area contributed by atoms with Gasteiger partial charge in [-0.15, -0.1) is 0 Å². The summed E-state index contributed by atoms with van der Waals surface area (Å²) in [7, 11) is 0. The Hall–Kier alpha value is -2.12. The van der Waals surface area contributed by atoms with E-state index in [1.807, 2.05) is 5.32 Å². The molecule has 8 heteroatoms. The lowest BCUT2D eigenvalue weighted by molar-refractivity contribution is -0.142. The summed E-state index contributed by atoms with van der Waals surface area (Å²) in [6.45, 7) is 0.157. The molecule has 1 aromatic carbocycles. The van der Waals surface area contributed by atoms with Crippen molar-refractivity contribution in [1.82, 2.24) is 5.32 Å². The quantitative estimate of drug-likeness (QED) is 0.791. The van der Waals surface area contributed by atoms with Crippen molar-refractivity contribution in [2.24, 2.45) is 5.92 Å². The van der Waals surface area contributed by atoms with E-state index < -0.39 is 42.3 Å². The molecule has 0 fully saturated rings. The first-order valence-electron chi connectivity index (χ1n) is 6.40. The Morgan fingerprint density at radius 1 is 1.32 bits per heavy atom. The van der Waals surface area contributed by atoms with Crippen molar-refractivity contribution < 1.29 is 32.3 Å². The van der Waals surface area contributed by atoms with E-state index in [1.54, 1.807) is 0 Å². The molecule has 2 N–H and O–H groups in total. The highest BCUT2D eigenvalue weighted by molar-refractivity contribution is 5.85. The number of carbonyl (C=O) groups is 2. The van der Waals surface area contributed by atoms with E-state index in [-0.39, 0.29) is 12.0 Å². The Bertz CT molecular complexity index is 545. The van der Waals surface area contributed by atoms with Crippen LogP contribution in [-0.2, 0) is 22.2 Å². The summed E-state index contributed by atoms with van der Waals surface area (Å²) in [6.07, 6.45) is -4.50. The number of aliphatic carboxylic acids is 1. The first-order chi connectivity index (χ1) is 10.1. The third-order valence-corrected chi connectivity index (χ3v) is 3.01. The van der Waals surface area contributed by atoms with Crippen LogP contribution in [0, 0.1) is 5.92 Å². The molecule has 0 saturated carbocycles. The van der Waals surface area contributed by atoms with E-state index in [9.17, 15) is 27.2 Å². The van der Waals surface area contributed by atoms with Crippen LogP contribution in [0.3, 0.4) is 0 Å². The number of carboxylic acid groups (broad SMARTS) is 1. The fourth-order valence-electron chi connectivity index (χ4n) is 1.80. The number of carbonyl (C=O) groups excluding carboxylic acids is 1. The third kappa shape index (κ3) is 5.01. The second-order valence-electron chi connectivity index (χ2n) is 4.86. The molecule has 0 radical (unpaired) electrons. The highest BCUT2D eigenvalue weighted by atomic mass is 19.4. The Balaban J connectivity index is 2.74. The monoisotopic (exact) mass is 321 g/mol. The van der Waals surface area contributed by atoms with Crippen LogP contribution in [0.15, 0.2) is 24.3 Å². The van der Waals surface area contributed by atoms with Gasteiger partial charge in [0.15, 0.2) is 6.04 Å². The predicted octanol–water partition coefficient (Wildman–Crippen LogP) is 2.42. The van der Waals surface area contributed by atoms with E-state index in [4.69, 9.17) is 5.11 Å². The molecule has 0 heterocycles. The predicted molar refractivity (Wildman–Crippen MR) is 69.9 cm³/mol. The van der Waals surface area contributed by atoms with Gasteiger partial charge in [0.25, 0.3) is 0 Å². The van der Waals surface area contributed by atoms with Gasteiger partial charge < -0.3 is 10.4 Å². The van der Waals surface area contributed by atoms with Crippen molar-refractivity contribution in [3.05, 3.63) is 35.4 Å². The smallest absolute Gasteiger partial charge is 0.416 e. The number of amides is 1. The summed E-state index contributed by atoms with van der Waals surface area (Å²) in [6, 6.07) is 2.84. The number of hydrogen-bond acceptors (Lipinski definition) is 2. The van der Waals surface area contributed by atoms with E-state index in [0.717, 1.165) is 12.1 Å². The van der Waals surface area contributed by atoms with Crippen LogP contribution in [0.4, 0.5) is 17.6 Å². The molecule has 0 spiro atoms. The SMILES string of the molecule is CC(Cc1cccc(C(F)(F)F)c1)C(=O)NC(CF)C(=O)O. The molecule has 1 amide bonds. The van der Waals surface area contributed by atoms with Gasteiger partial charge in [0.05, 0.1) is 5.56 Å². The lowest BCUT2D eigenvalue weighted by atomic mass is 9.98. The van der Waals surface area contributed by atoms with Gasteiger partial charge in [-0.3, -0.25) is 4.79 Å². The molecule has 0 saturated heterocycles. The fraction of sp³-hybridized carbons (Fsp3) is 0.429.